The first-order valence-electron chi connectivity index (χ1n) is 7.73. The van der Waals surface area contributed by atoms with Crippen LogP contribution in [0.15, 0.2) is 28.7 Å². The maximum absolute atomic E-state index is 11.2. The number of hydrogen-bond acceptors (Lipinski definition) is 3. The minimum atomic E-state index is -0.535. The Morgan fingerprint density at radius 3 is 2.38 bits per heavy atom. The molecule has 0 spiro atoms. The first-order valence-corrected chi connectivity index (χ1v) is 8.53. The van der Waals surface area contributed by atoms with E-state index in [-0.39, 0.29) is 51.4 Å². The summed E-state index contributed by atoms with van der Waals surface area (Å²) in [7, 11) is 1.32. The largest absolute Gasteiger partial charge is 1.00 e. The van der Waals surface area contributed by atoms with E-state index in [0.29, 0.717) is 5.82 Å². The number of pyridine rings is 1. The van der Waals surface area contributed by atoms with E-state index in [1.54, 1.807) is 0 Å². The van der Waals surface area contributed by atoms with Crippen LogP contribution >= 0.6 is 15.9 Å². The Kier molecular flexibility index (Phi) is 16.7. The number of fused-ring (bicyclic) bond motifs is 1. The number of methoxy groups -OCH3 is 1. The zero-order valence-corrected chi connectivity index (χ0v) is 20.4. The summed E-state index contributed by atoms with van der Waals surface area (Å²) in [5.41, 5.74) is 2.09. The van der Waals surface area contributed by atoms with E-state index in [4.69, 9.17) is 0 Å². The number of carbonyl (C=O) groups excluding carboxylic acids is 1. The third kappa shape index (κ3) is 8.92. The topological polar surface area (TPSA) is 51.2 Å². The Labute approximate surface area is 196 Å². The van der Waals surface area contributed by atoms with Gasteiger partial charge in [0.15, 0.2) is 0 Å². The summed E-state index contributed by atoms with van der Waals surface area (Å²) in [6.07, 6.45) is 2.45. The summed E-state index contributed by atoms with van der Waals surface area (Å²) in [5.74, 6) is 0.457. The van der Waals surface area contributed by atoms with Crippen LogP contribution < -0.4 is 56.7 Å². The molecule has 0 unspecified atom stereocenters. The van der Waals surface area contributed by atoms with Gasteiger partial charge in [0.05, 0.1) is 17.1 Å². The van der Waals surface area contributed by atoms with Crippen molar-refractivity contribution in [3.05, 3.63) is 40.7 Å². The summed E-state index contributed by atoms with van der Waals surface area (Å²) in [4.78, 5) is 15.6. The molecule has 0 aliphatic heterocycles. The molecule has 0 saturated carbocycles. The number of nitrogens with one attached hydrogen (secondary N) is 1. The molecular formula is C18H26BrKN2O2. The number of amides is 1. The maximum atomic E-state index is 11.2. The van der Waals surface area contributed by atoms with Gasteiger partial charge in [0.2, 0.25) is 0 Å². The molecule has 1 aromatic heterocycles. The van der Waals surface area contributed by atoms with E-state index in [0.717, 1.165) is 21.8 Å². The third-order valence-electron chi connectivity index (χ3n) is 2.65. The number of aromatic nitrogens is 1. The molecule has 1 aromatic carbocycles. The molecule has 2 rings (SSSR count). The third-order valence-corrected chi connectivity index (χ3v) is 3.25. The summed E-state index contributed by atoms with van der Waals surface area (Å²) in [5, 5.41) is 3.60. The van der Waals surface area contributed by atoms with Crippen LogP contribution in [-0.4, -0.2) is 18.2 Å². The second kappa shape index (κ2) is 15.3. The van der Waals surface area contributed by atoms with Gasteiger partial charge in [-0.2, -0.15) is 13.8 Å². The second-order valence-electron chi connectivity index (χ2n) is 4.39. The van der Waals surface area contributed by atoms with Crippen molar-refractivity contribution in [2.45, 2.75) is 41.0 Å². The standard InChI is InChI=1S/C13H13BrN2O2.C3H7.C2H6.K/c1-3-8-4-5-11-9(6-8)7-10(14)12(15-11)16-13(17)18-2;1-3-2;1-2;/h4-7H,3H2,1-2H3,(H,15,16,17);3H,1-2H3;1-2H3;/q;-1;;+1. The average molecular weight is 421 g/mol. The first kappa shape index (κ1) is 26.2. The quantitative estimate of drug-likeness (QED) is 0.599. The smallest absolute Gasteiger partial charge is 0.453 e. The van der Waals surface area contributed by atoms with Crippen LogP contribution in [0.5, 0.6) is 0 Å². The number of nitrogens with zero attached hydrogens (tertiary/aromatic N) is 1. The molecule has 1 amide bonds. The molecular weight excluding hydrogens is 395 g/mol. The molecule has 0 saturated heterocycles. The maximum Gasteiger partial charge on any atom is 1.00 e. The van der Waals surface area contributed by atoms with Gasteiger partial charge in [-0.05, 0) is 46.1 Å². The van der Waals surface area contributed by atoms with Gasteiger partial charge >= 0.3 is 57.5 Å². The monoisotopic (exact) mass is 420 g/mol. The molecule has 4 nitrogen and oxygen atoms in total. The normalized spacial score (nSPS) is 8.79. The molecule has 1 heterocycles. The number of benzene rings is 1. The Hall–Kier alpha value is 0.0164. The first-order chi connectivity index (χ1) is 11.0. The van der Waals surface area contributed by atoms with Gasteiger partial charge in [-0.15, -0.1) is 0 Å². The molecule has 0 fully saturated rings. The predicted molar refractivity (Wildman–Crippen MR) is 102 cm³/mol. The van der Waals surface area contributed by atoms with E-state index in [1.165, 1.54) is 12.7 Å². The number of halogens is 1. The van der Waals surface area contributed by atoms with E-state index in [9.17, 15) is 4.79 Å². The minimum Gasteiger partial charge on any atom is -0.453 e. The van der Waals surface area contributed by atoms with Crippen molar-refractivity contribution in [1.29, 1.82) is 0 Å². The number of hydrogen-bond donors (Lipinski definition) is 1. The van der Waals surface area contributed by atoms with E-state index < -0.39 is 6.09 Å². The average Bonchev–Trinajstić information content (AvgIpc) is 2.57. The van der Waals surface area contributed by atoms with Crippen molar-refractivity contribution < 1.29 is 60.9 Å². The number of aryl methyl sites for hydroxylation is 1. The Morgan fingerprint density at radius 2 is 1.88 bits per heavy atom. The van der Waals surface area contributed by atoms with Crippen molar-refractivity contribution in [2.75, 3.05) is 12.4 Å². The predicted octanol–water partition coefficient (Wildman–Crippen LogP) is 3.00. The Bertz CT molecular complexity index is 621. The van der Waals surface area contributed by atoms with Crippen LogP contribution in [-0.2, 0) is 11.2 Å². The molecule has 6 heteroatoms. The zero-order valence-electron chi connectivity index (χ0n) is 15.7. The SMILES string of the molecule is CC.CCc1ccc2nc(NC(=O)OC)c(Br)cc2c1.C[CH-]C.[K+]. The van der Waals surface area contributed by atoms with E-state index in [2.05, 4.69) is 44.0 Å². The van der Waals surface area contributed by atoms with E-state index in [1.807, 2.05) is 52.3 Å². The molecule has 0 radical (unpaired) electrons. The van der Waals surface area contributed by atoms with Gasteiger partial charge in [0.25, 0.3) is 0 Å². The zero-order chi connectivity index (χ0) is 17.8. The number of anilines is 1. The van der Waals surface area contributed by atoms with Crippen LogP contribution in [0.3, 0.4) is 0 Å². The summed E-state index contributed by atoms with van der Waals surface area (Å²) in [6.45, 7) is 10.1. The number of carbonyl (C=O) groups is 1. The minimum absolute atomic E-state index is 0. The summed E-state index contributed by atoms with van der Waals surface area (Å²) >= 11 is 3.39. The number of ether oxygens (including phenoxy) is 1. The van der Waals surface area contributed by atoms with Crippen molar-refractivity contribution in [3.8, 4) is 0 Å². The van der Waals surface area contributed by atoms with Crippen LogP contribution in [0, 0.1) is 6.42 Å². The Morgan fingerprint density at radius 1 is 1.29 bits per heavy atom. The van der Waals surface area contributed by atoms with Gasteiger partial charge < -0.3 is 11.2 Å². The molecule has 0 bridgehead atoms. The van der Waals surface area contributed by atoms with Crippen LogP contribution in [0.4, 0.5) is 10.6 Å². The molecule has 128 valence electrons. The van der Waals surface area contributed by atoms with Gasteiger partial charge in [0.1, 0.15) is 5.82 Å². The summed E-state index contributed by atoms with van der Waals surface area (Å²) in [6, 6.07) is 8.01. The van der Waals surface area contributed by atoms with E-state index >= 15 is 0 Å². The van der Waals surface area contributed by atoms with Crippen molar-refractivity contribution in [1.82, 2.24) is 4.98 Å². The fourth-order valence-corrected chi connectivity index (χ4v) is 2.09. The van der Waals surface area contributed by atoms with Crippen LogP contribution in [0.25, 0.3) is 10.9 Å². The van der Waals surface area contributed by atoms with Crippen LogP contribution in [0.2, 0.25) is 0 Å². The van der Waals surface area contributed by atoms with Gasteiger partial charge in [0, 0.05) is 5.39 Å². The molecule has 0 atom stereocenters. The van der Waals surface area contributed by atoms with Gasteiger partial charge in [-0.25, -0.2) is 9.78 Å². The van der Waals surface area contributed by atoms with Crippen molar-refractivity contribution in [3.63, 3.8) is 0 Å². The molecule has 24 heavy (non-hydrogen) atoms. The van der Waals surface area contributed by atoms with Crippen molar-refractivity contribution in [2.24, 2.45) is 0 Å². The molecule has 0 aliphatic carbocycles. The molecule has 0 aliphatic rings. The fourth-order valence-electron chi connectivity index (χ4n) is 1.66. The number of rotatable bonds is 2. The molecule has 1 N–H and O–H groups in total. The van der Waals surface area contributed by atoms with Gasteiger partial charge in [-0.3, -0.25) is 5.32 Å². The molecule has 2 aromatic rings. The second-order valence-corrected chi connectivity index (χ2v) is 5.25. The Balaban J connectivity index is 0. The summed E-state index contributed by atoms with van der Waals surface area (Å²) < 4.78 is 5.28. The fraction of sp³-hybridized carbons (Fsp3) is 0.389. The van der Waals surface area contributed by atoms with Crippen molar-refractivity contribution >= 4 is 38.7 Å². The van der Waals surface area contributed by atoms with Crippen LogP contribution in [0.1, 0.15) is 40.2 Å². The van der Waals surface area contributed by atoms with Gasteiger partial charge in [-0.1, -0.05) is 26.8 Å².